The molecule has 1 aliphatic carbocycles. The molecule has 0 aliphatic heterocycles. The van der Waals surface area contributed by atoms with E-state index in [1.807, 2.05) is 6.92 Å². The Balaban J connectivity index is 1.88. The molecule has 2 N–H and O–H groups in total. The van der Waals surface area contributed by atoms with Gasteiger partial charge in [0.05, 0.1) is 5.69 Å². The first-order chi connectivity index (χ1) is 8.76. The third-order valence-corrected chi connectivity index (χ3v) is 4.44. The molecule has 1 aliphatic rings. The van der Waals surface area contributed by atoms with Crippen molar-refractivity contribution in [2.75, 3.05) is 13.2 Å². The summed E-state index contributed by atoms with van der Waals surface area (Å²) in [5.74, 6) is 0.672. The van der Waals surface area contributed by atoms with E-state index >= 15 is 0 Å². The fraction of sp³-hybridized carbons (Fsp3) is 0.750. The second-order valence-electron chi connectivity index (χ2n) is 4.75. The monoisotopic (exact) mass is 269 g/mol. The number of hydrogen-bond acceptors (Lipinski definition) is 5. The number of nitrogens with one attached hydrogen (secondary N) is 1. The Morgan fingerprint density at radius 2 is 2.28 bits per heavy atom. The van der Waals surface area contributed by atoms with Crippen molar-refractivity contribution >= 4 is 17.4 Å². The van der Waals surface area contributed by atoms with Crippen LogP contribution in [-0.2, 0) is 6.42 Å². The molecule has 1 heterocycles. The molecule has 6 heteroatoms. The molecule has 0 spiro atoms. The maximum absolute atomic E-state index is 12.0. The number of nitrogens with zero attached hydrogens (tertiary/aromatic N) is 2. The molecule has 0 aromatic carbocycles. The van der Waals surface area contributed by atoms with Crippen molar-refractivity contribution < 1.29 is 9.90 Å². The summed E-state index contributed by atoms with van der Waals surface area (Å²) in [6.07, 6.45) is 4.03. The van der Waals surface area contributed by atoms with Crippen molar-refractivity contribution in [3.05, 3.63) is 10.6 Å². The van der Waals surface area contributed by atoms with Crippen LogP contribution in [0.15, 0.2) is 0 Å². The van der Waals surface area contributed by atoms with E-state index in [4.69, 9.17) is 0 Å². The van der Waals surface area contributed by atoms with E-state index in [2.05, 4.69) is 14.9 Å². The molecule has 2 rings (SSSR count). The zero-order chi connectivity index (χ0) is 13.0. The van der Waals surface area contributed by atoms with Crippen LogP contribution < -0.4 is 5.32 Å². The summed E-state index contributed by atoms with van der Waals surface area (Å²) in [6, 6.07) is 0. The van der Waals surface area contributed by atoms with Crippen LogP contribution in [0.2, 0.25) is 0 Å². The number of aryl methyl sites for hydroxylation is 1. The number of carbonyl (C=O) groups excluding carboxylic acids is 1. The van der Waals surface area contributed by atoms with Gasteiger partial charge in [0.25, 0.3) is 5.91 Å². The molecule has 1 fully saturated rings. The summed E-state index contributed by atoms with van der Waals surface area (Å²) in [5, 5.41) is 16.1. The average molecular weight is 269 g/mol. The Hall–Kier alpha value is -1.01. The summed E-state index contributed by atoms with van der Waals surface area (Å²) in [5.41, 5.74) is 0.766. The van der Waals surface area contributed by atoms with Crippen LogP contribution in [0.3, 0.4) is 0 Å². The van der Waals surface area contributed by atoms with Crippen LogP contribution in [0, 0.1) is 11.8 Å². The topological polar surface area (TPSA) is 75.1 Å². The van der Waals surface area contributed by atoms with Crippen molar-refractivity contribution in [1.82, 2.24) is 14.9 Å². The summed E-state index contributed by atoms with van der Waals surface area (Å²) < 4.78 is 3.82. The summed E-state index contributed by atoms with van der Waals surface area (Å²) in [6.45, 7) is 2.83. The Kier molecular flexibility index (Phi) is 4.66. The van der Waals surface area contributed by atoms with Gasteiger partial charge < -0.3 is 10.4 Å². The molecule has 1 saturated carbocycles. The lowest BCUT2D eigenvalue weighted by atomic mass is 9.97. The number of aliphatic hydroxyl groups is 1. The fourth-order valence-corrected chi connectivity index (χ4v) is 3.21. The quantitative estimate of drug-likeness (QED) is 0.843. The lowest BCUT2D eigenvalue weighted by Gasteiger charge is -2.17. The van der Waals surface area contributed by atoms with Gasteiger partial charge in [0, 0.05) is 13.2 Å². The van der Waals surface area contributed by atoms with Crippen LogP contribution in [0.1, 0.15) is 41.6 Å². The van der Waals surface area contributed by atoms with Crippen molar-refractivity contribution in [1.29, 1.82) is 0 Å². The molecule has 2 atom stereocenters. The van der Waals surface area contributed by atoms with E-state index in [1.54, 1.807) is 0 Å². The van der Waals surface area contributed by atoms with Crippen molar-refractivity contribution in [2.24, 2.45) is 11.8 Å². The van der Waals surface area contributed by atoms with Gasteiger partial charge in [-0.3, -0.25) is 4.79 Å². The first-order valence-corrected chi connectivity index (χ1v) is 7.23. The number of carbonyl (C=O) groups is 1. The summed E-state index contributed by atoms with van der Waals surface area (Å²) >= 11 is 1.15. The fourth-order valence-electron chi connectivity index (χ4n) is 2.54. The third-order valence-electron chi connectivity index (χ3n) is 3.67. The maximum atomic E-state index is 12.0. The van der Waals surface area contributed by atoms with Gasteiger partial charge in [-0.05, 0) is 42.6 Å². The lowest BCUT2D eigenvalue weighted by Crippen LogP contribution is -2.31. The molecule has 2 unspecified atom stereocenters. The van der Waals surface area contributed by atoms with Gasteiger partial charge in [0.1, 0.15) is 4.88 Å². The highest BCUT2D eigenvalue weighted by Crippen LogP contribution is 2.30. The Labute approximate surface area is 111 Å². The molecular formula is C12H19N3O2S. The highest BCUT2D eigenvalue weighted by Gasteiger charge is 2.27. The molecule has 0 bridgehead atoms. The highest BCUT2D eigenvalue weighted by atomic mass is 32.1. The van der Waals surface area contributed by atoms with Crippen LogP contribution >= 0.6 is 11.5 Å². The molecule has 100 valence electrons. The normalized spacial score (nSPS) is 23.2. The number of amides is 1. The second kappa shape index (κ2) is 6.24. The summed E-state index contributed by atoms with van der Waals surface area (Å²) in [7, 11) is 0. The van der Waals surface area contributed by atoms with Gasteiger partial charge >= 0.3 is 0 Å². The average Bonchev–Trinajstić information content (AvgIpc) is 3.03. The smallest absolute Gasteiger partial charge is 0.264 e. The summed E-state index contributed by atoms with van der Waals surface area (Å²) in [4.78, 5) is 12.6. The van der Waals surface area contributed by atoms with Gasteiger partial charge in [-0.1, -0.05) is 17.8 Å². The van der Waals surface area contributed by atoms with Gasteiger partial charge in [0.15, 0.2) is 0 Å². The van der Waals surface area contributed by atoms with Gasteiger partial charge in [-0.15, -0.1) is 5.10 Å². The number of hydrogen-bond donors (Lipinski definition) is 2. The Morgan fingerprint density at radius 3 is 3.00 bits per heavy atom. The molecular weight excluding hydrogens is 250 g/mol. The van der Waals surface area contributed by atoms with E-state index in [0.29, 0.717) is 23.3 Å². The zero-order valence-electron chi connectivity index (χ0n) is 10.6. The largest absolute Gasteiger partial charge is 0.396 e. The van der Waals surface area contributed by atoms with Crippen molar-refractivity contribution in [3.8, 4) is 0 Å². The molecule has 1 amide bonds. The first-order valence-electron chi connectivity index (χ1n) is 6.46. The number of rotatable bonds is 5. The van der Waals surface area contributed by atoms with E-state index in [9.17, 15) is 9.90 Å². The third kappa shape index (κ3) is 2.87. The first kappa shape index (κ1) is 13.4. The number of aromatic nitrogens is 2. The van der Waals surface area contributed by atoms with Crippen molar-refractivity contribution in [2.45, 2.75) is 32.6 Å². The van der Waals surface area contributed by atoms with Crippen LogP contribution in [0.5, 0.6) is 0 Å². The maximum Gasteiger partial charge on any atom is 0.264 e. The van der Waals surface area contributed by atoms with E-state index < -0.39 is 0 Å². The van der Waals surface area contributed by atoms with Crippen LogP contribution in [-0.4, -0.2) is 33.8 Å². The van der Waals surface area contributed by atoms with E-state index in [-0.39, 0.29) is 12.5 Å². The van der Waals surface area contributed by atoms with Crippen LogP contribution in [0.25, 0.3) is 0 Å². The highest BCUT2D eigenvalue weighted by molar-refractivity contribution is 7.08. The minimum absolute atomic E-state index is 0.0783. The van der Waals surface area contributed by atoms with Crippen molar-refractivity contribution in [3.63, 3.8) is 0 Å². The molecule has 0 saturated heterocycles. The minimum Gasteiger partial charge on any atom is -0.396 e. The Bertz CT molecular complexity index is 408. The molecule has 5 nitrogen and oxygen atoms in total. The van der Waals surface area contributed by atoms with Crippen LogP contribution in [0.4, 0.5) is 0 Å². The molecule has 1 aromatic heterocycles. The van der Waals surface area contributed by atoms with Gasteiger partial charge in [0.2, 0.25) is 0 Å². The lowest BCUT2D eigenvalue weighted by molar-refractivity contribution is 0.0940. The number of aliphatic hydroxyl groups excluding tert-OH is 1. The predicted octanol–water partition coefficient (Wildman–Crippen LogP) is 1.24. The van der Waals surface area contributed by atoms with Gasteiger partial charge in [-0.2, -0.15) is 0 Å². The predicted molar refractivity (Wildman–Crippen MR) is 69.5 cm³/mol. The van der Waals surface area contributed by atoms with E-state index in [1.165, 1.54) is 0 Å². The standard InChI is InChI=1S/C12H19N3O2S/c1-2-10-11(18-15-14-10)12(17)13-6-8-4-3-5-9(8)7-16/h8-9,16H,2-7H2,1H3,(H,13,17). The molecule has 1 aromatic rings. The SMILES string of the molecule is CCc1nnsc1C(=O)NCC1CCCC1CO. The Morgan fingerprint density at radius 1 is 1.50 bits per heavy atom. The second-order valence-corrected chi connectivity index (χ2v) is 5.50. The van der Waals surface area contributed by atoms with Gasteiger partial charge in [-0.25, -0.2) is 0 Å². The molecule has 0 radical (unpaired) electrons. The van der Waals surface area contributed by atoms with E-state index in [0.717, 1.165) is 42.9 Å². The minimum atomic E-state index is -0.0783. The molecule has 18 heavy (non-hydrogen) atoms. The zero-order valence-corrected chi connectivity index (χ0v) is 11.4.